The van der Waals surface area contributed by atoms with E-state index in [2.05, 4.69) is 32.0 Å². The number of rotatable bonds is 0. The highest BCUT2D eigenvalue weighted by Crippen LogP contribution is 2.64. The highest BCUT2D eigenvalue weighted by atomic mass is 16.5. The molecule has 2 fully saturated rings. The van der Waals surface area contributed by atoms with Crippen molar-refractivity contribution in [1.29, 1.82) is 0 Å². The summed E-state index contributed by atoms with van der Waals surface area (Å²) in [6.07, 6.45) is 10.3. The van der Waals surface area contributed by atoms with Gasteiger partial charge in [0.2, 0.25) is 0 Å². The molecular formula is C21H29NO2. The third kappa shape index (κ3) is 1.75. The van der Waals surface area contributed by atoms with Gasteiger partial charge in [0, 0.05) is 17.4 Å². The molecule has 3 heteroatoms. The maximum Gasteiger partial charge on any atom is 0.141 e. The lowest BCUT2D eigenvalue weighted by molar-refractivity contribution is -0.0172. The number of allylic oxidation sites excluding steroid dienone is 1. The van der Waals surface area contributed by atoms with Gasteiger partial charge in [-0.2, -0.15) is 0 Å². The number of nitrogens with zero attached hydrogens (tertiary/aromatic N) is 1. The summed E-state index contributed by atoms with van der Waals surface area (Å²) < 4.78 is 5.69. The van der Waals surface area contributed by atoms with Gasteiger partial charge < -0.3 is 9.63 Å². The van der Waals surface area contributed by atoms with Crippen LogP contribution in [0.3, 0.4) is 0 Å². The molecule has 4 aliphatic carbocycles. The lowest BCUT2D eigenvalue weighted by atomic mass is 9.47. The molecule has 130 valence electrons. The van der Waals surface area contributed by atoms with Gasteiger partial charge in [0.05, 0.1) is 11.8 Å². The summed E-state index contributed by atoms with van der Waals surface area (Å²) in [5.41, 5.74) is 4.69. The predicted octanol–water partition coefficient (Wildman–Crippen LogP) is 4.32. The van der Waals surface area contributed by atoms with E-state index in [1.54, 1.807) is 5.57 Å². The second-order valence-corrected chi connectivity index (χ2v) is 9.38. The predicted molar refractivity (Wildman–Crippen MR) is 92.7 cm³/mol. The minimum absolute atomic E-state index is 0.112. The summed E-state index contributed by atoms with van der Waals surface area (Å²) in [5, 5.41) is 14.4. The molecule has 0 unspecified atom stereocenters. The van der Waals surface area contributed by atoms with Crippen LogP contribution in [0.1, 0.15) is 69.4 Å². The highest BCUT2D eigenvalue weighted by molar-refractivity contribution is 5.40. The van der Waals surface area contributed by atoms with E-state index in [1.807, 2.05) is 0 Å². The lowest BCUT2D eigenvalue weighted by Crippen LogP contribution is -2.51. The Labute approximate surface area is 144 Å². The first-order valence-electron chi connectivity index (χ1n) is 9.76. The van der Waals surface area contributed by atoms with Crippen molar-refractivity contribution in [3.8, 4) is 0 Å². The van der Waals surface area contributed by atoms with Crippen molar-refractivity contribution in [3.05, 3.63) is 28.7 Å². The fourth-order valence-electron chi connectivity index (χ4n) is 7.14. The molecule has 0 aromatic carbocycles. The summed E-state index contributed by atoms with van der Waals surface area (Å²) in [5.74, 6) is 3.41. The van der Waals surface area contributed by atoms with Crippen molar-refractivity contribution in [3.63, 3.8) is 0 Å². The van der Waals surface area contributed by atoms with Crippen LogP contribution >= 0.6 is 0 Å². The van der Waals surface area contributed by atoms with Crippen LogP contribution in [0.5, 0.6) is 0 Å². The average molecular weight is 327 g/mol. The molecule has 1 N–H and O–H groups in total. The van der Waals surface area contributed by atoms with E-state index in [0.717, 1.165) is 43.2 Å². The number of aryl methyl sites for hydroxylation is 1. The largest absolute Gasteiger partial charge is 0.393 e. The zero-order valence-electron chi connectivity index (χ0n) is 15.1. The summed E-state index contributed by atoms with van der Waals surface area (Å²) in [7, 11) is 0. The molecule has 0 spiro atoms. The van der Waals surface area contributed by atoms with Crippen molar-refractivity contribution in [1.82, 2.24) is 5.16 Å². The zero-order valence-corrected chi connectivity index (χ0v) is 15.1. The van der Waals surface area contributed by atoms with Gasteiger partial charge in [-0.3, -0.25) is 0 Å². The van der Waals surface area contributed by atoms with Crippen molar-refractivity contribution in [2.75, 3.05) is 0 Å². The second kappa shape index (κ2) is 4.75. The quantitative estimate of drug-likeness (QED) is 0.722. The molecule has 0 radical (unpaired) electrons. The van der Waals surface area contributed by atoms with E-state index in [0.29, 0.717) is 11.3 Å². The Morgan fingerprint density at radius 3 is 2.75 bits per heavy atom. The smallest absolute Gasteiger partial charge is 0.141 e. The van der Waals surface area contributed by atoms with E-state index in [1.165, 1.54) is 30.6 Å². The normalized spacial score (nSPS) is 46.6. The third-order valence-electron chi connectivity index (χ3n) is 8.38. The van der Waals surface area contributed by atoms with Crippen molar-refractivity contribution in [2.45, 2.75) is 77.2 Å². The average Bonchev–Trinajstić information content (AvgIpc) is 3.06. The first kappa shape index (κ1) is 15.2. The van der Waals surface area contributed by atoms with Gasteiger partial charge in [0.1, 0.15) is 5.76 Å². The van der Waals surface area contributed by atoms with Crippen LogP contribution in [0.2, 0.25) is 0 Å². The summed E-state index contributed by atoms with van der Waals surface area (Å²) in [6, 6.07) is 0. The van der Waals surface area contributed by atoms with Gasteiger partial charge in [-0.05, 0) is 68.6 Å². The summed E-state index contributed by atoms with van der Waals surface area (Å²) >= 11 is 0. The first-order valence-corrected chi connectivity index (χ1v) is 9.76. The van der Waals surface area contributed by atoms with E-state index in [4.69, 9.17) is 4.52 Å². The molecule has 4 aliphatic rings. The van der Waals surface area contributed by atoms with Crippen molar-refractivity contribution < 1.29 is 9.63 Å². The number of aromatic nitrogens is 1. The Morgan fingerprint density at radius 2 is 1.92 bits per heavy atom. The fraction of sp³-hybridized carbons (Fsp3) is 0.762. The minimum atomic E-state index is -0.112. The molecule has 1 heterocycles. The van der Waals surface area contributed by atoms with Gasteiger partial charge in [-0.1, -0.05) is 30.7 Å². The molecule has 6 atom stereocenters. The van der Waals surface area contributed by atoms with Crippen LogP contribution in [-0.4, -0.2) is 16.4 Å². The van der Waals surface area contributed by atoms with Crippen LogP contribution in [0, 0.1) is 30.1 Å². The van der Waals surface area contributed by atoms with E-state index in [9.17, 15) is 5.11 Å². The van der Waals surface area contributed by atoms with Crippen LogP contribution < -0.4 is 0 Å². The molecule has 0 amide bonds. The van der Waals surface area contributed by atoms with Gasteiger partial charge >= 0.3 is 0 Å². The Bertz CT molecular complexity index is 719. The second-order valence-electron chi connectivity index (χ2n) is 9.38. The molecule has 1 aromatic heterocycles. The molecule has 0 bridgehead atoms. The zero-order chi connectivity index (χ0) is 16.7. The molecule has 2 saturated carbocycles. The monoisotopic (exact) mass is 327 g/mol. The fourth-order valence-corrected chi connectivity index (χ4v) is 7.14. The van der Waals surface area contributed by atoms with Gasteiger partial charge in [-0.25, -0.2) is 0 Å². The number of hydrogen-bond acceptors (Lipinski definition) is 3. The number of aliphatic hydroxyl groups is 1. The summed E-state index contributed by atoms with van der Waals surface area (Å²) in [4.78, 5) is 0. The Hall–Kier alpha value is -1.09. The molecule has 1 aromatic rings. The van der Waals surface area contributed by atoms with Crippen LogP contribution in [0.15, 0.2) is 16.2 Å². The summed E-state index contributed by atoms with van der Waals surface area (Å²) in [6.45, 7) is 7.07. The van der Waals surface area contributed by atoms with E-state index < -0.39 is 0 Å². The van der Waals surface area contributed by atoms with Gasteiger partial charge in [-0.15, -0.1) is 0 Å². The Morgan fingerprint density at radius 1 is 1.12 bits per heavy atom. The van der Waals surface area contributed by atoms with Crippen LogP contribution in [0.25, 0.3) is 0 Å². The Kier molecular flexibility index (Phi) is 3.01. The maximum atomic E-state index is 10.1. The number of hydrogen-bond donors (Lipinski definition) is 1. The van der Waals surface area contributed by atoms with E-state index in [-0.39, 0.29) is 11.5 Å². The topological polar surface area (TPSA) is 46.3 Å². The minimum Gasteiger partial charge on any atom is -0.393 e. The lowest BCUT2D eigenvalue weighted by Gasteiger charge is -2.57. The molecular weight excluding hydrogens is 298 g/mol. The molecule has 0 saturated heterocycles. The standard InChI is InChI=1S/C21H29NO2/c1-12-19-18(24-22-12)11-17-15-5-4-13-10-14(23)6-8-20(13,2)16(15)7-9-21(17,19)3/h4,14-17,23H,5-11H2,1-3H3/t14-,15+,16+,17+,20+,21+/m1/s1. The van der Waals surface area contributed by atoms with Crippen molar-refractivity contribution in [2.24, 2.45) is 23.2 Å². The molecule has 24 heavy (non-hydrogen) atoms. The van der Waals surface area contributed by atoms with Crippen molar-refractivity contribution >= 4 is 0 Å². The third-order valence-corrected chi connectivity index (χ3v) is 8.38. The molecule has 3 nitrogen and oxygen atoms in total. The highest BCUT2D eigenvalue weighted by Gasteiger charge is 2.58. The molecule has 0 aliphatic heterocycles. The molecule has 5 rings (SSSR count). The first-order chi connectivity index (χ1) is 11.4. The maximum absolute atomic E-state index is 10.1. The van der Waals surface area contributed by atoms with Crippen LogP contribution in [-0.2, 0) is 11.8 Å². The Balaban J connectivity index is 1.54. The van der Waals surface area contributed by atoms with Crippen LogP contribution in [0.4, 0.5) is 0 Å². The van der Waals surface area contributed by atoms with E-state index >= 15 is 0 Å². The SMILES string of the molecule is Cc1noc2c1[C@@]1(C)CC[C@H]3[C@H](CC=C4C[C@H](O)CC[C@@]43C)[C@@H]1C2. The van der Waals surface area contributed by atoms with Gasteiger partial charge in [0.15, 0.2) is 0 Å². The number of fused-ring (bicyclic) bond motifs is 7. The number of aliphatic hydroxyl groups excluding tert-OH is 1. The van der Waals surface area contributed by atoms with Gasteiger partial charge in [0.25, 0.3) is 0 Å².